The van der Waals surface area contributed by atoms with E-state index < -0.39 is 0 Å². The van der Waals surface area contributed by atoms with E-state index in [4.69, 9.17) is 0 Å². The molecule has 0 aromatic carbocycles. The highest BCUT2D eigenvalue weighted by molar-refractivity contribution is 7.09. The second-order valence-electron chi connectivity index (χ2n) is 3.78. The Hall–Kier alpha value is -1.03. The maximum absolute atomic E-state index is 4.16. The Morgan fingerprint density at radius 2 is 2.27 bits per heavy atom. The second kappa shape index (κ2) is 6.45. The zero-order valence-electron chi connectivity index (χ0n) is 9.58. The molecule has 0 aliphatic heterocycles. The SMILES string of the molecule is CN=C(NCc1cccs1)NCC(C)C. The van der Waals surface area contributed by atoms with E-state index in [1.54, 1.807) is 18.4 Å². The van der Waals surface area contributed by atoms with Gasteiger partial charge in [-0.05, 0) is 17.4 Å². The van der Waals surface area contributed by atoms with Gasteiger partial charge in [-0.25, -0.2) is 0 Å². The Balaban J connectivity index is 2.29. The van der Waals surface area contributed by atoms with Crippen LogP contribution in [0.4, 0.5) is 0 Å². The fourth-order valence-electron chi connectivity index (χ4n) is 1.11. The first-order chi connectivity index (χ1) is 7.22. The summed E-state index contributed by atoms with van der Waals surface area (Å²) < 4.78 is 0. The minimum atomic E-state index is 0.630. The van der Waals surface area contributed by atoms with Crippen molar-refractivity contribution in [3.8, 4) is 0 Å². The maximum Gasteiger partial charge on any atom is 0.191 e. The molecule has 0 radical (unpaired) electrons. The van der Waals surface area contributed by atoms with Crippen molar-refractivity contribution in [1.29, 1.82) is 0 Å². The summed E-state index contributed by atoms with van der Waals surface area (Å²) in [6, 6.07) is 4.18. The number of hydrogen-bond donors (Lipinski definition) is 2. The molecule has 0 saturated carbocycles. The van der Waals surface area contributed by atoms with Crippen molar-refractivity contribution in [3.63, 3.8) is 0 Å². The maximum atomic E-state index is 4.16. The minimum absolute atomic E-state index is 0.630. The minimum Gasteiger partial charge on any atom is -0.356 e. The fourth-order valence-corrected chi connectivity index (χ4v) is 1.75. The lowest BCUT2D eigenvalue weighted by molar-refractivity contribution is 0.615. The first kappa shape index (κ1) is 12.0. The highest BCUT2D eigenvalue weighted by Gasteiger charge is 1.99. The van der Waals surface area contributed by atoms with Crippen LogP contribution in [0, 0.1) is 5.92 Å². The average Bonchev–Trinajstić information content (AvgIpc) is 2.70. The zero-order chi connectivity index (χ0) is 11.1. The third-order valence-corrected chi connectivity index (χ3v) is 2.79. The van der Waals surface area contributed by atoms with Crippen molar-refractivity contribution in [1.82, 2.24) is 10.6 Å². The summed E-state index contributed by atoms with van der Waals surface area (Å²) in [7, 11) is 1.80. The van der Waals surface area contributed by atoms with Crippen molar-refractivity contribution < 1.29 is 0 Å². The summed E-state index contributed by atoms with van der Waals surface area (Å²) in [5.74, 6) is 1.50. The second-order valence-corrected chi connectivity index (χ2v) is 4.81. The molecular formula is C11H19N3S. The predicted molar refractivity (Wildman–Crippen MR) is 67.4 cm³/mol. The molecule has 0 bridgehead atoms. The summed E-state index contributed by atoms with van der Waals surface area (Å²) in [4.78, 5) is 5.48. The molecular weight excluding hydrogens is 206 g/mol. The quantitative estimate of drug-likeness (QED) is 0.608. The van der Waals surface area contributed by atoms with Gasteiger partial charge < -0.3 is 10.6 Å². The molecule has 0 atom stereocenters. The third kappa shape index (κ3) is 4.83. The van der Waals surface area contributed by atoms with Crippen LogP contribution in [-0.4, -0.2) is 19.6 Å². The largest absolute Gasteiger partial charge is 0.356 e. The van der Waals surface area contributed by atoms with Crippen molar-refractivity contribution >= 4 is 17.3 Å². The number of thiophene rings is 1. The highest BCUT2D eigenvalue weighted by Crippen LogP contribution is 2.06. The molecule has 0 aliphatic rings. The molecule has 0 unspecified atom stereocenters. The van der Waals surface area contributed by atoms with Gasteiger partial charge in [-0.1, -0.05) is 19.9 Å². The average molecular weight is 225 g/mol. The van der Waals surface area contributed by atoms with Crippen LogP contribution < -0.4 is 10.6 Å². The molecule has 0 fully saturated rings. The van der Waals surface area contributed by atoms with Gasteiger partial charge in [0.1, 0.15) is 0 Å². The van der Waals surface area contributed by atoms with Crippen LogP contribution in [0.25, 0.3) is 0 Å². The van der Waals surface area contributed by atoms with E-state index in [2.05, 4.69) is 47.0 Å². The summed E-state index contributed by atoms with van der Waals surface area (Å²) in [5, 5.41) is 8.64. The first-order valence-corrected chi connectivity index (χ1v) is 6.07. The molecule has 1 heterocycles. The van der Waals surface area contributed by atoms with Gasteiger partial charge in [0, 0.05) is 18.5 Å². The van der Waals surface area contributed by atoms with E-state index in [0.717, 1.165) is 19.0 Å². The molecule has 1 aromatic rings. The first-order valence-electron chi connectivity index (χ1n) is 5.19. The number of rotatable bonds is 4. The number of hydrogen-bond acceptors (Lipinski definition) is 2. The number of nitrogens with one attached hydrogen (secondary N) is 2. The number of nitrogens with zero attached hydrogens (tertiary/aromatic N) is 1. The van der Waals surface area contributed by atoms with E-state index >= 15 is 0 Å². The van der Waals surface area contributed by atoms with Crippen molar-refractivity contribution in [3.05, 3.63) is 22.4 Å². The molecule has 3 nitrogen and oxygen atoms in total. The van der Waals surface area contributed by atoms with E-state index in [0.29, 0.717) is 5.92 Å². The normalized spacial score (nSPS) is 11.9. The topological polar surface area (TPSA) is 36.4 Å². The molecule has 4 heteroatoms. The van der Waals surface area contributed by atoms with Gasteiger partial charge in [0.15, 0.2) is 5.96 Å². The molecule has 0 amide bonds. The monoisotopic (exact) mass is 225 g/mol. The van der Waals surface area contributed by atoms with Crippen LogP contribution in [0.2, 0.25) is 0 Å². The van der Waals surface area contributed by atoms with Gasteiger partial charge in [0.2, 0.25) is 0 Å². The van der Waals surface area contributed by atoms with Gasteiger partial charge in [0.05, 0.1) is 6.54 Å². The molecule has 1 rings (SSSR count). The van der Waals surface area contributed by atoms with Crippen LogP contribution >= 0.6 is 11.3 Å². The zero-order valence-corrected chi connectivity index (χ0v) is 10.4. The van der Waals surface area contributed by atoms with Gasteiger partial charge in [0.25, 0.3) is 0 Å². The third-order valence-electron chi connectivity index (χ3n) is 1.91. The Morgan fingerprint density at radius 3 is 2.80 bits per heavy atom. The lowest BCUT2D eigenvalue weighted by Crippen LogP contribution is -2.38. The summed E-state index contributed by atoms with van der Waals surface area (Å²) >= 11 is 1.75. The van der Waals surface area contributed by atoms with Gasteiger partial charge in [-0.15, -0.1) is 11.3 Å². The van der Waals surface area contributed by atoms with Gasteiger partial charge in [-0.2, -0.15) is 0 Å². The van der Waals surface area contributed by atoms with Crippen molar-refractivity contribution in [2.45, 2.75) is 20.4 Å². The summed E-state index contributed by atoms with van der Waals surface area (Å²) in [6.07, 6.45) is 0. The molecule has 0 saturated heterocycles. The smallest absolute Gasteiger partial charge is 0.191 e. The van der Waals surface area contributed by atoms with Gasteiger partial charge in [-0.3, -0.25) is 4.99 Å². The molecule has 0 spiro atoms. The summed E-state index contributed by atoms with van der Waals surface area (Å²) in [6.45, 7) is 6.15. The molecule has 2 N–H and O–H groups in total. The van der Waals surface area contributed by atoms with E-state index in [9.17, 15) is 0 Å². The van der Waals surface area contributed by atoms with Crippen LogP contribution in [0.5, 0.6) is 0 Å². The van der Waals surface area contributed by atoms with E-state index in [1.165, 1.54) is 4.88 Å². The number of guanidine groups is 1. The van der Waals surface area contributed by atoms with Crippen LogP contribution in [0.1, 0.15) is 18.7 Å². The van der Waals surface area contributed by atoms with E-state index in [-0.39, 0.29) is 0 Å². The predicted octanol–water partition coefficient (Wildman–Crippen LogP) is 2.07. The molecule has 15 heavy (non-hydrogen) atoms. The van der Waals surface area contributed by atoms with E-state index in [1.807, 2.05) is 0 Å². The van der Waals surface area contributed by atoms with Crippen LogP contribution in [-0.2, 0) is 6.54 Å². The van der Waals surface area contributed by atoms with Crippen molar-refractivity contribution in [2.75, 3.05) is 13.6 Å². The summed E-state index contributed by atoms with van der Waals surface area (Å²) in [5.41, 5.74) is 0. The Labute approximate surface area is 95.6 Å². The lowest BCUT2D eigenvalue weighted by atomic mass is 10.2. The van der Waals surface area contributed by atoms with Crippen LogP contribution in [0.15, 0.2) is 22.5 Å². The Kier molecular flexibility index (Phi) is 5.18. The molecule has 1 aromatic heterocycles. The number of aliphatic imine (C=N–C) groups is 1. The van der Waals surface area contributed by atoms with Crippen LogP contribution in [0.3, 0.4) is 0 Å². The van der Waals surface area contributed by atoms with Gasteiger partial charge >= 0.3 is 0 Å². The highest BCUT2D eigenvalue weighted by atomic mass is 32.1. The Morgan fingerprint density at radius 1 is 1.47 bits per heavy atom. The molecule has 0 aliphatic carbocycles. The lowest BCUT2D eigenvalue weighted by Gasteiger charge is -2.12. The molecule has 84 valence electrons. The fraction of sp³-hybridized carbons (Fsp3) is 0.545. The van der Waals surface area contributed by atoms with Crippen molar-refractivity contribution in [2.24, 2.45) is 10.9 Å². The standard InChI is InChI=1S/C11H19N3S/c1-9(2)7-13-11(12-3)14-8-10-5-4-6-15-10/h4-6,9H,7-8H2,1-3H3,(H2,12,13,14). The Bertz CT molecular complexity index is 291.